The summed E-state index contributed by atoms with van der Waals surface area (Å²) in [5.41, 5.74) is 4.78. The lowest BCUT2D eigenvalue weighted by Gasteiger charge is -2.17. The molecule has 2 aromatic rings. The first-order valence-corrected chi connectivity index (χ1v) is 8.03. The Kier molecular flexibility index (Phi) is 5.83. The molecular weight excluding hydrogens is 282 g/mol. The largest absolute Gasteiger partial charge is 0.302 e. The fraction of sp³-hybridized carbons (Fsp3) is 0.471. The van der Waals surface area contributed by atoms with E-state index in [1.165, 1.54) is 29.5 Å². The molecule has 21 heavy (non-hydrogen) atoms. The van der Waals surface area contributed by atoms with Crippen molar-refractivity contribution in [3.05, 3.63) is 40.5 Å². The van der Waals surface area contributed by atoms with Crippen LogP contribution in [-0.2, 0) is 13.0 Å². The summed E-state index contributed by atoms with van der Waals surface area (Å²) < 4.78 is 0. The molecule has 0 amide bonds. The Morgan fingerprint density at radius 1 is 1.24 bits per heavy atom. The molecule has 0 aliphatic rings. The first-order valence-electron chi connectivity index (χ1n) is 7.65. The summed E-state index contributed by atoms with van der Waals surface area (Å²) in [6, 6.07) is 6.08. The van der Waals surface area contributed by atoms with E-state index in [9.17, 15) is 0 Å². The van der Waals surface area contributed by atoms with Gasteiger partial charge in [-0.15, -0.1) is 0 Å². The van der Waals surface area contributed by atoms with Crippen LogP contribution in [-0.4, -0.2) is 28.7 Å². The molecule has 0 saturated carbocycles. The van der Waals surface area contributed by atoms with Crippen LogP contribution >= 0.6 is 11.6 Å². The normalized spacial score (nSPS) is 11.3. The Balaban J connectivity index is 2.26. The Morgan fingerprint density at radius 3 is 2.76 bits per heavy atom. The van der Waals surface area contributed by atoms with Crippen molar-refractivity contribution in [2.24, 2.45) is 0 Å². The van der Waals surface area contributed by atoms with Gasteiger partial charge in [-0.05, 0) is 44.1 Å². The summed E-state index contributed by atoms with van der Waals surface area (Å²) >= 11 is 6.17. The Morgan fingerprint density at radius 2 is 2.05 bits per heavy atom. The van der Waals surface area contributed by atoms with Gasteiger partial charge in [0.2, 0.25) is 0 Å². The number of halogens is 1. The fourth-order valence-electron chi connectivity index (χ4n) is 2.55. The van der Waals surface area contributed by atoms with Crippen molar-refractivity contribution < 1.29 is 0 Å². The monoisotopic (exact) mass is 305 g/mol. The third-order valence-electron chi connectivity index (χ3n) is 3.77. The van der Waals surface area contributed by atoms with Crippen LogP contribution < -0.4 is 0 Å². The molecule has 4 heteroatoms. The lowest BCUT2D eigenvalue weighted by Crippen LogP contribution is -2.19. The van der Waals surface area contributed by atoms with Crippen LogP contribution in [0.15, 0.2) is 24.4 Å². The van der Waals surface area contributed by atoms with E-state index in [0.29, 0.717) is 0 Å². The molecule has 0 fully saturated rings. The van der Waals surface area contributed by atoms with Gasteiger partial charge in [-0.25, -0.2) is 0 Å². The standard InChI is InChI=1S/C17H24ClN3/c1-4-6-9-21(3)12-14-11-19-20-17(14)16-10-15(18)8-7-13(16)5-2/h7-8,10-11H,4-6,9,12H2,1-3H3,(H,19,20). The van der Waals surface area contributed by atoms with Crippen LogP contribution in [0.25, 0.3) is 11.3 Å². The maximum absolute atomic E-state index is 6.17. The topological polar surface area (TPSA) is 31.9 Å². The van der Waals surface area contributed by atoms with Crippen LogP contribution in [0.4, 0.5) is 0 Å². The Bertz CT molecular complexity index is 577. The van der Waals surface area contributed by atoms with E-state index in [0.717, 1.165) is 30.2 Å². The maximum atomic E-state index is 6.17. The van der Waals surface area contributed by atoms with Gasteiger partial charge in [0.05, 0.1) is 11.9 Å². The van der Waals surface area contributed by atoms with E-state index >= 15 is 0 Å². The van der Waals surface area contributed by atoms with Crippen molar-refractivity contribution in [2.75, 3.05) is 13.6 Å². The van der Waals surface area contributed by atoms with Gasteiger partial charge in [0.15, 0.2) is 0 Å². The summed E-state index contributed by atoms with van der Waals surface area (Å²) in [6.45, 7) is 6.39. The molecule has 0 spiro atoms. The molecule has 0 bridgehead atoms. The van der Waals surface area contributed by atoms with Crippen molar-refractivity contribution in [3.63, 3.8) is 0 Å². The second-order valence-corrected chi connectivity index (χ2v) is 5.95. The molecule has 0 saturated heterocycles. The molecule has 1 N–H and O–H groups in total. The predicted molar refractivity (Wildman–Crippen MR) is 89.7 cm³/mol. The average Bonchev–Trinajstić information content (AvgIpc) is 2.93. The first kappa shape index (κ1) is 16.1. The van der Waals surface area contributed by atoms with E-state index in [1.807, 2.05) is 18.3 Å². The van der Waals surface area contributed by atoms with E-state index < -0.39 is 0 Å². The molecule has 0 aliphatic heterocycles. The maximum Gasteiger partial charge on any atom is 0.0698 e. The van der Waals surface area contributed by atoms with E-state index in [-0.39, 0.29) is 0 Å². The molecule has 1 heterocycles. The molecule has 1 aromatic heterocycles. The number of nitrogens with zero attached hydrogens (tertiary/aromatic N) is 2. The molecule has 1 aromatic carbocycles. The van der Waals surface area contributed by atoms with Crippen molar-refractivity contribution in [1.29, 1.82) is 0 Å². The van der Waals surface area contributed by atoms with Gasteiger partial charge in [0, 0.05) is 22.7 Å². The number of aromatic amines is 1. The molecule has 2 rings (SSSR count). The fourth-order valence-corrected chi connectivity index (χ4v) is 2.72. The minimum absolute atomic E-state index is 0.766. The molecule has 0 unspecified atom stereocenters. The number of H-pyrrole nitrogens is 1. The van der Waals surface area contributed by atoms with E-state index in [4.69, 9.17) is 11.6 Å². The number of unbranched alkanes of at least 4 members (excludes halogenated alkanes) is 1. The van der Waals surface area contributed by atoms with Crippen molar-refractivity contribution >= 4 is 11.6 Å². The third kappa shape index (κ3) is 4.08. The number of aryl methyl sites for hydroxylation is 1. The van der Waals surface area contributed by atoms with Gasteiger partial charge < -0.3 is 4.90 Å². The minimum Gasteiger partial charge on any atom is -0.302 e. The number of hydrogen-bond donors (Lipinski definition) is 1. The Hall–Kier alpha value is -1.32. The highest BCUT2D eigenvalue weighted by molar-refractivity contribution is 6.30. The molecule has 0 radical (unpaired) electrons. The second kappa shape index (κ2) is 7.62. The van der Waals surface area contributed by atoms with E-state index in [1.54, 1.807) is 0 Å². The summed E-state index contributed by atoms with van der Waals surface area (Å²) in [5, 5.41) is 8.16. The van der Waals surface area contributed by atoms with Gasteiger partial charge in [-0.3, -0.25) is 5.10 Å². The number of aromatic nitrogens is 2. The van der Waals surface area contributed by atoms with Crippen LogP contribution in [0, 0.1) is 0 Å². The lowest BCUT2D eigenvalue weighted by atomic mass is 10.00. The zero-order valence-electron chi connectivity index (χ0n) is 13.1. The summed E-state index contributed by atoms with van der Waals surface area (Å²) in [7, 11) is 2.16. The third-order valence-corrected chi connectivity index (χ3v) is 4.01. The van der Waals surface area contributed by atoms with Crippen molar-refractivity contribution in [2.45, 2.75) is 39.7 Å². The minimum atomic E-state index is 0.766. The highest BCUT2D eigenvalue weighted by atomic mass is 35.5. The first-order chi connectivity index (χ1) is 10.2. The van der Waals surface area contributed by atoms with Crippen LogP contribution in [0.5, 0.6) is 0 Å². The van der Waals surface area contributed by atoms with Gasteiger partial charge in [0.1, 0.15) is 0 Å². The van der Waals surface area contributed by atoms with Crippen LogP contribution in [0.2, 0.25) is 5.02 Å². The molecule has 0 aliphatic carbocycles. The van der Waals surface area contributed by atoms with Crippen molar-refractivity contribution in [1.82, 2.24) is 15.1 Å². The SMILES string of the molecule is CCCCN(C)Cc1cn[nH]c1-c1cc(Cl)ccc1CC. The smallest absolute Gasteiger partial charge is 0.0698 e. The average molecular weight is 306 g/mol. The quantitative estimate of drug-likeness (QED) is 0.815. The van der Waals surface area contributed by atoms with Crippen LogP contribution in [0.3, 0.4) is 0 Å². The number of nitrogens with one attached hydrogen (secondary N) is 1. The van der Waals surface area contributed by atoms with Crippen LogP contribution in [0.1, 0.15) is 37.8 Å². The lowest BCUT2D eigenvalue weighted by molar-refractivity contribution is 0.321. The number of benzene rings is 1. The molecule has 114 valence electrons. The number of rotatable bonds is 7. The summed E-state index contributed by atoms with van der Waals surface area (Å²) in [5.74, 6) is 0. The summed E-state index contributed by atoms with van der Waals surface area (Å²) in [4.78, 5) is 2.34. The molecule has 0 atom stereocenters. The van der Waals surface area contributed by atoms with E-state index in [2.05, 4.69) is 42.1 Å². The Labute approximate surface area is 132 Å². The van der Waals surface area contributed by atoms with Crippen molar-refractivity contribution in [3.8, 4) is 11.3 Å². The molecule has 3 nitrogen and oxygen atoms in total. The van der Waals surface area contributed by atoms with Gasteiger partial charge in [-0.2, -0.15) is 5.10 Å². The second-order valence-electron chi connectivity index (χ2n) is 5.52. The summed E-state index contributed by atoms with van der Waals surface area (Å²) in [6.07, 6.45) is 5.35. The highest BCUT2D eigenvalue weighted by Gasteiger charge is 2.13. The van der Waals surface area contributed by atoms with Gasteiger partial charge in [0.25, 0.3) is 0 Å². The van der Waals surface area contributed by atoms with Gasteiger partial charge in [-0.1, -0.05) is 37.9 Å². The highest BCUT2D eigenvalue weighted by Crippen LogP contribution is 2.29. The zero-order chi connectivity index (χ0) is 15.2. The number of hydrogen-bond acceptors (Lipinski definition) is 2. The van der Waals surface area contributed by atoms with Gasteiger partial charge >= 0.3 is 0 Å². The molecular formula is C17H24ClN3. The predicted octanol–water partition coefficient (Wildman–Crippen LogP) is 4.52. The zero-order valence-corrected chi connectivity index (χ0v) is 13.9.